The van der Waals surface area contributed by atoms with E-state index >= 15 is 0 Å². The van der Waals surface area contributed by atoms with Crippen molar-refractivity contribution in [3.63, 3.8) is 0 Å². The van der Waals surface area contributed by atoms with Gasteiger partial charge in [0.2, 0.25) is 5.78 Å². The number of Topliss-reactive ketones (excluding diaryl/α,β-unsaturated/α-hetero) is 2. The van der Waals surface area contributed by atoms with E-state index in [2.05, 4.69) is 17.3 Å². The van der Waals surface area contributed by atoms with Crippen molar-refractivity contribution in [3.8, 4) is 17.7 Å². The summed E-state index contributed by atoms with van der Waals surface area (Å²) in [5.74, 6) is -4.98. The first-order valence-corrected chi connectivity index (χ1v) is 13.7. The van der Waals surface area contributed by atoms with Crippen LogP contribution in [0.5, 0.6) is 5.75 Å². The molecule has 0 bridgehead atoms. The van der Waals surface area contributed by atoms with E-state index in [0.29, 0.717) is 37.4 Å². The number of morpholine rings is 1. The van der Waals surface area contributed by atoms with E-state index in [9.17, 15) is 39.6 Å². The summed E-state index contributed by atoms with van der Waals surface area (Å²) >= 11 is 0. The number of nitrogens with one attached hydrogen (secondary N) is 1. The van der Waals surface area contributed by atoms with Crippen molar-refractivity contribution in [2.24, 2.45) is 23.3 Å². The Bertz CT molecular complexity index is 1560. The van der Waals surface area contributed by atoms with Gasteiger partial charge in [0.25, 0.3) is 5.91 Å². The molecule has 0 aromatic heterocycles. The number of nitrogens with zero attached hydrogens (tertiary/aromatic N) is 2. The van der Waals surface area contributed by atoms with Crippen LogP contribution in [0, 0.1) is 23.8 Å². The van der Waals surface area contributed by atoms with Crippen LogP contribution in [0.2, 0.25) is 0 Å². The summed E-state index contributed by atoms with van der Waals surface area (Å²) < 4.78 is 5.29. The molecule has 0 spiro atoms. The number of nitrogens with two attached hydrogens (primary N) is 2. The number of aromatic hydroxyl groups is 1. The predicted molar refractivity (Wildman–Crippen MR) is 149 cm³/mol. The zero-order chi connectivity index (χ0) is 31.4. The monoisotopic (exact) mass is 595 g/mol. The highest BCUT2D eigenvalue weighted by Gasteiger charge is 2.63. The average Bonchev–Trinajstić information content (AvgIpc) is 2.95. The number of carbonyl (C=O) groups excluding carboxylic acids is 4. The highest BCUT2D eigenvalue weighted by atomic mass is 16.5. The Balaban J connectivity index is 1.62. The van der Waals surface area contributed by atoms with Gasteiger partial charge in [0.05, 0.1) is 30.4 Å². The maximum Gasteiger partial charge on any atom is 0.317 e. The zero-order valence-electron chi connectivity index (χ0n) is 23.6. The molecule has 1 saturated heterocycles. The lowest BCUT2D eigenvalue weighted by Crippen LogP contribution is -2.63. The van der Waals surface area contributed by atoms with E-state index in [1.807, 2.05) is 0 Å². The first kappa shape index (κ1) is 29.9. The molecule has 14 nitrogen and oxygen atoms in total. The smallest absolute Gasteiger partial charge is 0.317 e. The molecule has 4 atom stereocenters. The topological polar surface area (TPSA) is 229 Å². The quantitative estimate of drug-likeness (QED) is 0.126. The van der Waals surface area contributed by atoms with Crippen LogP contribution < -0.4 is 16.8 Å². The lowest BCUT2D eigenvalue weighted by Gasteiger charge is -2.50. The molecule has 228 valence electrons. The molecule has 1 aliphatic heterocycles. The van der Waals surface area contributed by atoms with Crippen molar-refractivity contribution in [2.45, 2.75) is 31.0 Å². The van der Waals surface area contributed by atoms with Crippen LogP contribution in [0.3, 0.4) is 0 Å². The molecule has 0 radical (unpaired) electrons. The average molecular weight is 596 g/mol. The van der Waals surface area contributed by atoms with Crippen LogP contribution in [-0.4, -0.2) is 106 Å². The second kappa shape index (κ2) is 10.9. The van der Waals surface area contributed by atoms with Crippen molar-refractivity contribution in [1.29, 1.82) is 0 Å². The zero-order valence-corrected chi connectivity index (χ0v) is 23.6. The second-order valence-electron chi connectivity index (χ2n) is 11.3. The first-order chi connectivity index (χ1) is 20.3. The number of rotatable bonds is 4. The van der Waals surface area contributed by atoms with Gasteiger partial charge >= 0.3 is 6.03 Å². The van der Waals surface area contributed by atoms with E-state index in [4.69, 9.17) is 16.2 Å². The number of aliphatic hydroxyl groups excluding tert-OH is 2. The number of phenols is 1. The third-order valence-electron chi connectivity index (χ3n) is 8.75. The number of urea groups is 1. The van der Waals surface area contributed by atoms with Gasteiger partial charge in [-0.05, 0) is 56.0 Å². The molecule has 0 unspecified atom stereocenters. The summed E-state index contributed by atoms with van der Waals surface area (Å²) in [4.78, 5) is 55.5. The Morgan fingerprint density at radius 2 is 1.88 bits per heavy atom. The van der Waals surface area contributed by atoms with Crippen molar-refractivity contribution < 1.29 is 44.3 Å². The van der Waals surface area contributed by atoms with Gasteiger partial charge in [-0.3, -0.25) is 19.3 Å². The molecule has 9 N–H and O–H groups in total. The molecule has 5 rings (SSSR count). The van der Waals surface area contributed by atoms with Gasteiger partial charge in [0.15, 0.2) is 11.4 Å². The normalized spacial score (nSPS) is 26.8. The molecule has 3 amide bonds. The number of ketones is 2. The predicted octanol–water partition coefficient (Wildman–Crippen LogP) is -1.07. The summed E-state index contributed by atoms with van der Waals surface area (Å²) in [6.07, 6.45) is 0.0116. The Morgan fingerprint density at radius 1 is 1.21 bits per heavy atom. The van der Waals surface area contributed by atoms with E-state index < -0.39 is 63.8 Å². The molecule has 3 aliphatic carbocycles. The van der Waals surface area contributed by atoms with Gasteiger partial charge in [-0.1, -0.05) is 0 Å². The van der Waals surface area contributed by atoms with Gasteiger partial charge in [-0.25, -0.2) is 4.79 Å². The SMILES string of the molecule is CN(C)[C@H]1C(O)=C(C(N)=O)C(=O)[C@@]2(O)C(O)=C3C(=O)c4c(O)c(C#CN)cc(CNC(=O)N5CCOCC5)c4C[C@H]3C[C@@H]12. The number of fused-ring (bicyclic) bond motifs is 3. The van der Waals surface area contributed by atoms with Crippen LogP contribution in [0.4, 0.5) is 4.79 Å². The molecule has 0 saturated carbocycles. The van der Waals surface area contributed by atoms with E-state index in [0.717, 1.165) is 0 Å². The number of hydrogen-bond donors (Lipinski definition) is 7. The summed E-state index contributed by atoms with van der Waals surface area (Å²) in [6.45, 7) is 1.60. The van der Waals surface area contributed by atoms with Gasteiger partial charge in [-0.2, -0.15) is 0 Å². The van der Waals surface area contributed by atoms with Crippen molar-refractivity contribution in [1.82, 2.24) is 15.1 Å². The molecule has 1 fully saturated rings. The molecular weight excluding hydrogens is 562 g/mol. The largest absolute Gasteiger partial charge is 0.510 e. The summed E-state index contributed by atoms with van der Waals surface area (Å²) in [5.41, 5.74) is 7.50. The number of hydrogen-bond acceptors (Lipinski definition) is 11. The minimum atomic E-state index is -2.75. The van der Waals surface area contributed by atoms with Gasteiger partial charge in [0, 0.05) is 37.2 Å². The molecule has 1 aromatic rings. The van der Waals surface area contributed by atoms with Crippen LogP contribution in [-0.2, 0) is 27.3 Å². The molecular formula is C29H33N5O9. The Kier molecular flexibility index (Phi) is 7.59. The molecule has 4 aliphatic rings. The van der Waals surface area contributed by atoms with Crippen LogP contribution in [0.25, 0.3) is 0 Å². The number of likely N-dealkylation sites (N-methyl/N-ethyl adjacent to an activating group) is 1. The number of phenolic OH excluding ortho intramolecular Hbond substituents is 1. The molecule has 1 heterocycles. The van der Waals surface area contributed by atoms with Crippen molar-refractivity contribution >= 4 is 23.5 Å². The van der Waals surface area contributed by atoms with Crippen LogP contribution >= 0.6 is 0 Å². The summed E-state index contributed by atoms with van der Waals surface area (Å²) in [5, 5.41) is 48.1. The van der Waals surface area contributed by atoms with Crippen LogP contribution in [0.15, 0.2) is 28.7 Å². The van der Waals surface area contributed by atoms with Gasteiger partial charge in [0.1, 0.15) is 22.8 Å². The number of ether oxygens (including phenoxy) is 1. The number of amides is 3. The van der Waals surface area contributed by atoms with Gasteiger partial charge < -0.3 is 46.8 Å². The second-order valence-corrected chi connectivity index (χ2v) is 11.3. The van der Waals surface area contributed by atoms with E-state index in [1.165, 1.54) is 11.0 Å². The third kappa shape index (κ3) is 4.56. The van der Waals surface area contributed by atoms with E-state index in [1.54, 1.807) is 19.0 Å². The lowest BCUT2D eigenvalue weighted by molar-refractivity contribution is -0.148. The maximum absolute atomic E-state index is 14.0. The first-order valence-electron chi connectivity index (χ1n) is 13.7. The number of carbonyl (C=O) groups is 4. The molecule has 1 aromatic carbocycles. The maximum atomic E-state index is 14.0. The number of benzene rings is 1. The Hall–Kier alpha value is -4.58. The summed E-state index contributed by atoms with van der Waals surface area (Å²) in [7, 11) is 3.11. The molecule has 14 heteroatoms. The standard InChI is InChI=1S/C29H33N5O9/c1-33(2)21-17-11-14-10-16-15(12-32-28(41)34-5-7-43-8-6-34)9-13(3-4-30)22(35)19(16)23(36)18(14)25(38)29(17,42)26(39)20(24(21)37)27(31)40/h9,14,17,21,35,37-38,42H,5-8,10-12,30H2,1-2H3,(H2,31,40)(H,32,41)/t14-,17-,21+,29-/m0/s1. The minimum Gasteiger partial charge on any atom is -0.510 e. The number of primary amides is 1. The molecule has 43 heavy (non-hydrogen) atoms. The fourth-order valence-corrected chi connectivity index (χ4v) is 6.78. The van der Waals surface area contributed by atoms with E-state index in [-0.39, 0.29) is 42.1 Å². The van der Waals surface area contributed by atoms with Crippen molar-refractivity contribution in [3.05, 3.63) is 51.0 Å². The lowest BCUT2D eigenvalue weighted by atomic mass is 9.58. The minimum absolute atomic E-state index is 0.00134. The third-order valence-corrected chi connectivity index (χ3v) is 8.75. The Morgan fingerprint density at radius 3 is 2.49 bits per heavy atom. The fraction of sp³-hybridized carbons (Fsp3) is 0.448. The van der Waals surface area contributed by atoms with Crippen LogP contribution in [0.1, 0.15) is 33.5 Å². The number of aliphatic hydroxyl groups is 3. The summed E-state index contributed by atoms with van der Waals surface area (Å²) in [6, 6.07) is 2.26. The van der Waals surface area contributed by atoms with Gasteiger partial charge in [-0.15, -0.1) is 0 Å². The fourth-order valence-electron chi connectivity index (χ4n) is 6.78. The highest BCUT2D eigenvalue weighted by Crippen LogP contribution is 2.52. The highest BCUT2D eigenvalue weighted by molar-refractivity contribution is 6.24. The Labute approximate surface area is 246 Å². The number of allylic oxidation sites excluding steroid dienone is 1. The van der Waals surface area contributed by atoms with Crippen molar-refractivity contribution in [2.75, 3.05) is 40.4 Å².